The summed E-state index contributed by atoms with van der Waals surface area (Å²) in [4.78, 5) is 21.1. The molecule has 0 rings (SSSR count). The van der Waals surface area contributed by atoms with Crippen molar-refractivity contribution >= 4 is 23.7 Å². The van der Waals surface area contributed by atoms with Crippen LogP contribution < -0.4 is 11.5 Å². The summed E-state index contributed by atoms with van der Waals surface area (Å²) in [6, 6.07) is -2.06. The molecule has 0 fully saturated rings. The monoisotopic (exact) mass is 236 g/mol. The lowest BCUT2D eigenvalue weighted by Gasteiger charge is -2.28. The second kappa shape index (κ2) is 5.34. The minimum atomic E-state index is -1.11. The maximum Gasteiger partial charge on any atom is 0.321 e. The van der Waals surface area contributed by atoms with Crippen molar-refractivity contribution in [2.24, 2.45) is 11.5 Å². The Bertz CT molecular complexity index is 257. The van der Waals surface area contributed by atoms with Crippen molar-refractivity contribution in [1.82, 2.24) is 0 Å². The Labute approximate surface area is 92.0 Å². The molecule has 0 saturated carbocycles. The van der Waals surface area contributed by atoms with Crippen LogP contribution in [0, 0.1) is 0 Å². The van der Waals surface area contributed by atoms with Crippen LogP contribution in [-0.2, 0) is 9.59 Å². The van der Waals surface area contributed by atoms with E-state index in [1.807, 2.05) is 0 Å². The van der Waals surface area contributed by atoms with Gasteiger partial charge in [0.15, 0.2) is 0 Å². The molecule has 0 heterocycles. The van der Waals surface area contributed by atoms with Crippen molar-refractivity contribution in [2.45, 2.75) is 30.7 Å². The summed E-state index contributed by atoms with van der Waals surface area (Å²) in [5.41, 5.74) is 10.7. The first-order chi connectivity index (χ1) is 6.68. The number of nitrogens with two attached hydrogens (primary N) is 2. The average Bonchev–Trinajstić information content (AvgIpc) is 2.12. The number of aliphatic carboxylic acids is 2. The average molecular weight is 236 g/mol. The fourth-order valence-corrected chi connectivity index (χ4v) is 1.80. The fraction of sp³-hybridized carbons (Fsp3) is 0.750. The molecule has 0 amide bonds. The van der Waals surface area contributed by atoms with Crippen LogP contribution in [0.25, 0.3) is 0 Å². The predicted molar refractivity (Wildman–Crippen MR) is 57.8 cm³/mol. The van der Waals surface area contributed by atoms with E-state index in [0.29, 0.717) is 0 Å². The number of carboxylic acid groups (broad SMARTS) is 2. The SMILES string of the molecule is CC(C)(SCC(N)C(=O)O)C(N)C(=O)O. The van der Waals surface area contributed by atoms with E-state index in [1.54, 1.807) is 13.8 Å². The molecule has 0 aromatic rings. The Hall–Kier alpha value is -0.790. The Balaban J connectivity index is 4.26. The van der Waals surface area contributed by atoms with Crippen molar-refractivity contribution < 1.29 is 19.8 Å². The number of carboxylic acids is 2. The van der Waals surface area contributed by atoms with Gasteiger partial charge >= 0.3 is 11.9 Å². The lowest BCUT2D eigenvalue weighted by molar-refractivity contribution is -0.139. The van der Waals surface area contributed by atoms with Crippen LogP contribution in [0.3, 0.4) is 0 Å². The highest BCUT2D eigenvalue weighted by molar-refractivity contribution is 8.00. The van der Waals surface area contributed by atoms with Crippen LogP contribution in [-0.4, -0.2) is 44.7 Å². The van der Waals surface area contributed by atoms with Crippen molar-refractivity contribution in [3.8, 4) is 0 Å². The Morgan fingerprint density at radius 1 is 1.27 bits per heavy atom. The molecule has 0 bridgehead atoms. The number of carbonyl (C=O) groups is 2. The highest BCUT2D eigenvalue weighted by Crippen LogP contribution is 2.27. The molecule has 0 saturated heterocycles. The van der Waals surface area contributed by atoms with Gasteiger partial charge in [-0.3, -0.25) is 9.59 Å². The zero-order chi connectivity index (χ0) is 12.2. The van der Waals surface area contributed by atoms with E-state index in [0.717, 1.165) is 11.8 Å². The van der Waals surface area contributed by atoms with E-state index in [1.165, 1.54) is 0 Å². The van der Waals surface area contributed by atoms with Crippen LogP contribution >= 0.6 is 11.8 Å². The topological polar surface area (TPSA) is 127 Å². The molecule has 0 aliphatic heterocycles. The zero-order valence-electron chi connectivity index (χ0n) is 8.64. The van der Waals surface area contributed by atoms with E-state index in [9.17, 15) is 9.59 Å². The Morgan fingerprint density at radius 3 is 2.07 bits per heavy atom. The summed E-state index contributed by atoms with van der Waals surface area (Å²) in [6.45, 7) is 3.29. The van der Waals surface area contributed by atoms with Crippen LogP contribution in [0.15, 0.2) is 0 Å². The lowest BCUT2D eigenvalue weighted by Crippen LogP contribution is -2.48. The fourth-order valence-electron chi connectivity index (χ4n) is 0.763. The number of hydrogen-bond donors (Lipinski definition) is 4. The molecule has 0 aromatic carbocycles. The van der Waals surface area contributed by atoms with Crippen molar-refractivity contribution in [1.29, 1.82) is 0 Å². The minimum absolute atomic E-state index is 0.128. The summed E-state index contributed by atoms with van der Waals surface area (Å²) in [6.07, 6.45) is 0. The van der Waals surface area contributed by atoms with Crippen LogP contribution in [0.1, 0.15) is 13.8 Å². The van der Waals surface area contributed by atoms with Crippen molar-refractivity contribution in [3.05, 3.63) is 0 Å². The number of thioether (sulfide) groups is 1. The normalized spacial score (nSPS) is 15.7. The summed E-state index contributed by atoms with van der Waals surface area (Å²) in [5, 5.41) is 17.2. The molecule has 6 nitrogen and oxygen atoms in total. The lowest BCUT2D eigenvalue weighted by atomic mass is 10.1. The molecule has 6 N–H and O–H groups in total. The van der Waals surface area contributed by atoms with Gasteiger partial charge in [0.05, 0.1) is 0 Å². The van der Waals surface area contributed by atoms with Gasteiger partial charge in [0.25, 0.3) is 0 Å². The molecule has 0 spiro atoms. The second-order valence-corrected chi connectivity index (χ2v) is 5.35. The summed E-state index contributed by atoms with van der Waals surface area (Å²) < 4.78 is -0.751. The molecule has 88 valence electrons. The van der Waals surface area contributed by atoms with Gasteiger partial charge in [0.2, 0.25) is 0 Å². The number of rotatable bonds is 6. The van der Waals surface area contributed by atoms with Crippen LogP contribution in [0.5, 0.6) is 0 Å². The molecular weight excluding hydrogens is 220 g/mol. The Morgan fingerprint density at radius 2 is 1.73 bits per heavy atom. The summed E-state index contributed by atoms with van der Waals surface area (Å²) in [5.74, 6) is -2.10. The molecule has 0 aliphatic rings. The first kappa shape index (κ1) is 14.2. The molecule has 0 radical (unpaired) electrons. The van der Waals surface area contributed by atoms with Gasteiger partial charge in [-0.15, -0.1) is 0 Å². The largest absolute Gasteiger partial charge is 0.480 e. The van der Waals surface area contributed by atoms with Crippen molar-refractivity contribution in [3.63, 3.8) is 0 Å². The first-order valence-corrected chi connectivity index (χ1v) is 5.27. The van der Waals surface area contributed by atoms with E-state index < -0.39 is 28.8 Å². The van der Waals surface area contributed by atoms with Gasteiger partial charge in [0.1, 0.15) is 12.1 Å². The maximum absolute atomic E-state index is 10.6. The second-order valence-electron chi connectivity index (χ2n) is 3.68. The standard InChI is InChI=1S/C8H16N2O4S/c1-8(2,5(10)7(13)14)15-3-4(9)6(11)12/h4-5H,3,9-10H2,1-2H3,(H,11,12)(H,13,14). The third kappa shape index (κ3) is 4.50. The van der Waals surface area contributed by atoms with Gasteiger partial charge < -0.3 is 21.7 Å². The maximum atomic E-state index is 10.6. The predicted octanol–water partition coefficient (Wildman–Crippen LogP) is -0.678. The molecule has 7 heteroatoms. The Kier molecular flexibility index (Phi) is 5.06. The van der Waals surface area contributed by atoms with E-state index in [2.05, 4.69) is 0 Å². The molecule has 0 aliphatic carbocycles. The molecule has 2 atom stereocenters. The summed E-state index contributed by atoms with van der Waals surface area (Å²) >= 11 is 1.14. The highest BCUT2D eigenvalue weighted by Gasteiger charge is 2.33. The van der Waals surface area contributed by atoms with E-state index >= 15 is 0 Å². The van der Waals surface area contributed by atoms with Gasteiger partial charge in [0, 0.05) is 10.5 Å². The third-order valence-corrected chi connectivity index (χ3v) is 3.49. The molecule has 2 unspecified atom stereocenters. The molecule has 15 heavy (non-hydrogen) atoms. The smallest absolute Gasteiger partial charge is 0.321 e. The van der Waals surface area contributed by atoms with Gasteiger partial charge in [-0.2, -0.15) is 11.8 Å². The van der Waals surface area contributed by atoms with Gasteiger partial charge in [-0.05, 0) is 13.8 Å². The molecular formula is C8H16N2O4S. The third-order valence-electron chi connectivity index (χ3n) is 1.97. The summed E-state index contributed by atoms with van der Waals surface area (Å²) in [7, 11) is 0. The zero-order valence-corrected chi connectivity index (χ0v) is 9.45. The first-order valence-electron chi connectivity index (χ1n) is 4.29. The number of hydrogen-bond acceptors (Lipinski definition) is 5. The highest BCUT2D eigenvalue weighted by atomic mass is 32.2. The van der Waals surface area contributed by atoms with Gasteiger partial charge in [-0.1, -0.05) is 0 Å². The van der Waals surface area contributed by atoms with E-state index in [4.69, 9.17) is 21.7 Å². The minimum Gasteiger partial charge on any atom is -0.480 e. The van der Waals surface area contributed by atoms with Crippen LogP contribution in [0.4, 0.5) is 0 Å². The van der Waals surface area contributed by atoms with Crippen LogP contribution in [0.2, 0.25) is 0 Å². The van der Waals surface area contributed by atoms with Gasteiger partial charge in [-0.25, -0.2) is 0 Å². The molecule has 0 aromatic heterocycles. The quantitative estimate of drug-likeness (QED) is 0.481. The van der Waals surface area contributed by atoms with Crippen molar-refractivity contribution in [2.75, 3.05) is 5.75 Å². The van der Waals surface area contributed by atoms with E-state index in [-0.39, 0.29) is 5.75 Å².